The summed E-state index contributed by atoms with van der Waals surface area (Å²) in [6.07, 6.45) is 14.3. The van der Waals surface area contributed by atoms with Crippen molar-refractivity contribution in [1.82, 2.24) is 31.9 Å². The molecule has 0 saturated carbocycles. The Balaban J connectivity index is 1.18. The van der Waals surface area contributed by atoms with E-state index in [1.54, 1.807) is 224 Å². The van der Waals surface area contributed by atoms with Gasteiger partial charge in [0.2, 0.25) is 35.4 Å². The van der Waals surface area contributed by atoms with Crippen molar-refractivity contribution >= 4 is 89.4 Å². The Kier molecular flexibility index (Phi) is 32.1. The van der Waals surface area contributed by atoms with Crippen LogP contribution in [0.2, 0.25) is 0 Å². The van der Waals surface area contributed by atoms with Crippen LogP contribution in [-0.2, 0) is 56.0 Å². The third kappa shape index (κ3) is 26.1. The van der Waals surface area contributed by atoms with Crippen molar-refractivity contribution in [2.24, 2.45) is 5.73 Å². The molecule has 6 aromatic carbocycles. The molecule has 3 atom stereocenters. The molecule has 0 saturated heterocycles. The zero-order valence-electron chi connectivity index (χ0n) is 58.2. The Bertz CT molecular complexity index is 3460. The first kappa shape index (κ1) is 79.7. The van der Waals surface area contributed by atoms with Gasteiger partial charge in [0, 0.05) is 38.4 Å². The molecule has 0 radical (unpaired) electrons. The van der Waals surface area contributed by atoms with Crippen LogP contribution in [0.1, 0.15) is 158 Å². The first-order chi connectivity index (χ1) is 46.8. The van der Waals surface area contributed by atoms with E-state index in [9.17, 15) is 42.5 Å². The van der Waals surface area contributed by atoms with Gasteiger partial charge in [-0.15, -0.1) is 0 Å². The summed E-state index contributed by atoms with van der Waals surface area (Å²) in [7, 11) is -11.2. The maximum Gasteiger partial charge on any atom is 0.261 e. The highest BCUT2D eigenvalue weighted by Crippen LogP contribution is 2.47. The maximum atomic E-state index is 14.9. The van der Waals surface area contributed by atoms with Crippen molar-refractivity contribution in [2.45, 2.75) is 192 Å². The van der Waals surface area contributed by atoms with Crippen LogP contribution in [0.3, 0.4) is 0 Å². The molecule has 0 aromatic heterocycles. The Morgan fingerprint density at radius 2 is 0.602 bits per heavy atom. The van der Waals surface area contributed by atoms with Gasteiger partial charge in [-0.05, 0) is 121 Å². The van der Waals surface area contributed by atoms with E-state index in [-0.39, 0.29) is 19.8 Å². The molecule has 0 heterocycles. The third-order valence-electron chi connectivity index (χ3n) is 16.5. The van der Waals surface area contributed by atoms with Gasteiger partial charge in [0.15, 0.2) is 0 Å². The van der Waals surface area contributed by atoms with E-state index in [0.717, 1.165) is 25.7 Å². The molecular formula is C76H104N7O12P3. The predicted molar refractivity (Wildman–Crippen MR) is 393 cm³/mol. The Morgan fingerprint density at radius 1 is 0.357 bits per heavy atom. The number of nitrogens with two attached hydrogens (primary N) is 1. The number of amides is 6. The monoisotopic (exact) mass is 1400 g/mol. The number of hydrogen-bond acceptors (Lipinski definition) is 13. The summed E-state index contributed by atoms with van der Waals surface area (Å²) in [5.74, 6) is -4.87. The maximum absolute atomic E-state index is 14.9. The Morgan fingerprint density at radius 3 is 0.888 bits per heavy atom. The first-order valence-corrected chi connectivity index (χ1v) is 39.3. The molecule has 6 aromatic rings. The quantitative estimate of drug-likeness (QED) is 0.0139. The lowest BCUT2D eigenvalue weighted by Gasteiger charge is -2.32. The second-order valence-corrected chi connectivity index (χ2v) is 34.2. The van der Waals surface area contributed by atoms with E-state index in [1.807, 2.05) is 0 Å². The SMILES string of the molecule is CCCCCCCCCCCCCCCCNC(=O)C[C@H](NC(=O)C[C@H](NC(=O)C[C@H](N)C(=O)NC(C)(C)COP(=O)(c1ccccc1)c1ccccc1)C(=O)NC(C)(C)COP(=O)(c1ccccc1)c1ccccc1)C(=O)NC(C)(C)COP(=O)(c1ccccc1)c1ccccc1. The fourth-order valence-corrected chi connectivity index (χ4v) is 17.7. The highest BCUT2D eigenvalue weighted by Gasteiger charge is 2.39. The summed E-state index contributed by atoms with van der Waals surface area (Å²) in [5.41, 5.74) is 2.63. The van der Waals surface area contributed by atoms with Crippen LogP contribution < -0.4 is 69.5 Å². The summed E-state index contributed by atoms with van der Waals surface area (Å²) in [6, 6.07) is 47.2. The van der Waals surface area contributed by atoms with E-state index in [0.29, 0.717) is 44.8 Å². The Hall–Kier alpha value is -7.33. The minimum absolute atomic E-state index is 0.238. The minimum atomic E-state index is -3.78. The van der Waals surface area contributed by atoms with Gasteiger partial charge in [-0.25, -0.2) is 0 Å². The minimum Gasteiger partial charge on any atom is -0.356 e. The molecule has 8 N–H and O–H groups in total. The molecular weight excluding hydrogens is 1300 g/mol. The normalized spacial score (nSPS) is 13.1. The topological polar surface area (TPSA) is 280 Å². The molecule has 98 heavy (non-hydrogen) atoms. The number of nitrogens with one attached hydrogen (secondary N) is 6. The molecule has 0 spiro atoms. The number of rotatable bonds is 44. The highest BCUT2D eigenvalue weighted by molar-refractivity contribution is 7.75. The summed E-state index contributed by atoms with van der Waals surface area (Å²) in [4.78, 5) is 86.0. The van der Waals surface area contributed by atoms with E-state index >= 15 is 0 Å². The van der Waals surface area contributed by atoms with E-state index in [1.165, 1.54) is 57.8 Å². The standard InChI is InChI=1S/C76H104N7O12P3/c1-8-9-10-11-12-13-14-15-16-17-18-19-20-39-52-78-68(84)54-66(72(88)82-75(4,5)57-94-97(91,61-44-31-23-32-45-61)62-46-33-24-34-47-62)80-70(86)55-67(73(89)83-76(6,7)58-95-98(92,63-48-35-25-36-49-63)64-50-37-26-38-51-64)79-69(85)53-65(77)71(87)81-74(2,3)56-93-96(90,59-40-27-21-28-41-59)60-42-29-22-30-43-60/h21-38,40-51,65-67H,8-20,39,52-58,77H2,1-7H3,(H,78,84)(H,79,85)(H,80,86)(H,81,87)(H,82,88)(H,83,89)/t65-,66-,67-/m0/s1. The van der Waals surface area contributed by atoms with Crippen molar-refractivity contribution in [1.29, 1.82) is 0 Å². The van der Waals surface area contributed by atoms with Crippen molar-refractivity contribution in [3.8, 4) is 0 Å². The number of carbonyl (C=O) groups excluding carboxylic acids is 6. The van der Waals surface area contributed by atoms with Crippen molar-refractivity contribution < 1.29 is 56.0 Å². The summed E-state index contributed by atoms with van der Waals surface area (Å²) < 4.78 is 63.3. The number of benzene rings is 6. The zero-order chi connectivity index (χ0) is 71.1. The first-order valence-electron chi connectivity index (χ1n) is 34.4. The lowest BCUT2D eigenvalue weighted by Crippen LogP contribution is -2.59. The van der Waals surface area contributed by atoms with Crippen molar-refractivity contribution in [2.75, 3.05) is 26.4 Å². The van der Waals surface area contributed by atoms with Gasteiger partial charge in [-0.2, -0.15) is 0 Å². The molecule has 530 valence electrons. The number of carbonyl (C=O) groups is 6. The second kappa shape index (κ2) is 39.5. The molecule has 0 aliphatic rings. The molecule has 0 unspecified atom stereocenters. The van der Waals surface area contributed by atoms with Gasteiger partial charge in [-0.1, -0.05) is 200 Å². The van der Waals surface area contributed by atoms with Crippen LogP contribution in [0.15, 0.2) is 182 Å². The molecule has 6 amide bonds. The lowest BCUT2D eigenvalue weighted by molar-refractivity contribution is -0.135. The van der Waals surface area contributed by atoms with Crippen LogP contribution >= 0.6 is 22.1 Å². The van der Waals surface area contributed by atoms with Crippen LogP contribution in [0.4, 0.5) is 0 Å². The van der Waals surface area contributed by atoms with E-state index in [2.05, 4.69) is 38.8 Å². The molecule has 6 rings (SSSR count). The highest BCUT2D eigenvalue weighted by atomic mass is 31.2. The average molecular weight is 1400 g/mol. The van der Waals surface area contributed by atoms with Crippen LogP contribution in [0.5, 0.6) is 0 Å². The molecule has 0 aliphatic heterocycles. The van der Waals surface area contributed by atoms with Crippen molar-refractivity contribution in [3.63, 3.8) is 0 Å². The number of unbranched alkanes of at least 4 members (excludes halogenated alkanes) is 13. The largest absolute Gasteiger partial charge is 0.356 e. The lowest BCUT2D eigenvalue weighted by atomic mass is 10.0. The van der Waals surface area contributed by atoms with Crippen LogP contribution in [0, 0.1) is 0 Å². The molecule has 0 fully saturated rings. The van der Waals surface area contributed by atoms with Gasteiger partial charge < -0.3 is 51.2 Å². The summed E-state index contributed by atoms with van der Waals surface area (Å²) in [5, 5.41) is 19.2. The van der Waals surface area contributed by atoms with Gasteiger partial charge in [-0.3, -0.25) is 42.5 Å². The zero-order valence-corrected chi connectivity index (χ0v) is 60.9. The molecule has 19 nitrogen and oxygen atoms in total. The Labute approximate surface area is 580 Å². The molecule has 0 bridgehead atoms. The fraction of sp³-hybridized carbons (Fsp3) is 0.447. The predicted octanol–water partition coefficient (Wildman–Crippen LogP) is 10.6. The molecule has 0 aliphatic carbocycles. The van der Waals surface area contributed by atoms with E-state index < -0.39 is 112 Å². The molecule has 22 heteroatoms. The summed E-state index contributed by atoms with van der Waals surface area (Å²) in [6.45, 7) is 11.5. The third-order valence-corrected chi connectivity index (χ3v) is 23.8. The fourth-order valence-electron chi connectivity index (χ4n) is 11.0. The smallest absolute Gasteiger partial charge is 0.261 e. The number of hydrogen-bond donors (Lipinski definition) is 7. The van der Waals surface area contributed by atoms with Crippen molar-refractivity contribution in [3.05, 3.63) is 182 Å². The average Bonchev–Trinajstić information content (AvgIpc) is 0.812. The summed E-state index contributed by atoms with van der Waals surface area (Å²) >= 11 is 0. The van der Waals surface area contributed by atoms with Gasteiger partial charge in [0.1, 0.15) is 12.1 Å². The van der Waals surface area contributed by atoms with Gasteiger partial charge >= 0.3 is 0 Å². The van der Waals surface area contributed by atoms with Gasteiger partial charge in [0.05, 0.1) is 61.7 Å². The second-order valence-electron chi connectivity index (χ2n) is 27.0. The van der Waals surface area contributed by atoms with Crippen LogP contribution in [-0.4, -0.2) is 96.6 Å². The van der Waals surface area contributed by atoms with Gasteiger partial charge in [0.25, 0.3) is 22.1 Å². The van der Waals surface area contributed by atoms with E-state index in [4.69, 9.17) is 19.3 Å². The van der Waals surface area contributed by atoms with Crippen LogP contribution in [0.25, 0.3) is 0 Å².